The van der Waals surface area contributed by atoms with Gasteiger partial charge in [0.15, 0.2) is 5.13 Å². The fraction of sp³-hybridized carbons (Fsp3) is 0.136. The van der Waals surface area contributed by atoms with E-state index < -0.39 is 0 Å². The first-order valence-electron chi connectivity index (χ1n) is 9.26. The molecule has 2 aromatic heterocycles. The number of rotatable bonds is 5. The molecule has 8 heteroatoms. The predicted octanol–water partition coefficient (Wildman–Crippen LogP) is 6.07. The summed E-state index contributed by atoms with van der Waals surface area (Å²) in [7, 11) is 1.64. The molecule has 1 atom stereocenters. The molecule has 0 N–H and O–H groups in total. The van der Waals surface area contributed by atoms with E-state index in [-0.39, 0.29) is 11.9 Å². The fourth-order valence-electron chi connectivity index (χ4n) is 3.37. The molecule has 0 aliphatic carbocycles. The molecule has 1 fully saturated rings. The molecule has 5 rings (SSSR count). The van der Waals surface area contributed by atoms with Crippen molar-refractivity contribution in [1.29, 1.82) is 0 Å². The third kappa shape index (κ3) is 3.49. The number of carbonyl (C=O) groups is 1. The van der Waals surface area contributed by atoms with E-state index in [4.69, 9.17) is 26.3 Å². The van der Waals surface area contributed by atoms with E-state index in [1.807, 2.05) is 59.3 Å². The third-order valence-corrected chi connectivity index (χ3v) is 6.97. The van der Waals surface area contributed by atoms with E-state index in [1.165, 1.54) is 22.7 Å². The van der Waals surface area contributed by atoms with E-state index in [2.05, 4.69) is 0 Å². The van der Waals surface area contributed by atoms with Gasteiger partial charge in [-0.05, 0) is 29.8 Å². The highest BCUT2D eigenvalue weighted by Gasteiger charge is 2.40. The molecule has 3 heterocycles. The Labute approximate surface area is 186 Å². The number of aromatic nitrogens is 2. The van der Waals surface area contributed by atoms with Gasteiger partial charge in [-0.25, -0.2) is 9.97 Å². The zero-order chi connectivity index (χ0) is 20.7. The van der Waals surface area contributed by atoms with Crippen molar-refractivity contribution in [1.82, 2.24) is 9.97 Å². The second-order valence-corrected chi connectivity index (χ2v) is 8.95. The molecule has 1 unspecified atom stereocenters. The first-order chi connectivity index (χ1) is 14.6. The topological polar surface area (TPSA) is 55.3 Å². The normalized spacial score (nSPS) is 15.9. The zero-order valence-electron chi connectivity index (χ0n) is 15.9. The molecule has 1 aliphatic rings. The van der Waals surface area contributed by atoms with Gasteiger partial charge in [-0.1, -0.05) is 35.9 Å². The van der Waals surface area contributed by atoms with Crippen LogP contribution in [0.1, 0.15) is 18.0 Å². The van der Waals surface area contributed by atoms with Gasteiger partial charge in [0.05, 0.1) is 25.3 Å². The number of carbonyl (C=O) groups excluding carboxylic acids is 1. The molecule has 1 saturated heterocycles. The van der Waals surface area contributed by atoms with Crippen molar-refractivity contribution in [3.8, 4) is 27.7 Å². The van der Waals surface area contributed by atoms with Crippen molar-refractivity contribution in [3.05, 3.63) is 69.9 Å². The fourth-order valence-corrected chi connectivity index (χ4v) is 5.23. The summed E-state index contributed by atoms with van der Waals surface area (Å²) in [6.45, 7) is 0. The molecule has 0 saturated carbocycles. The number of ether oxygens (including phenoxy) is 1. The number of amides is 1. The number of benzene rings is 2. The average Bonchev–Trinajstić information content (AvgIpc) is 3.42. The first kappa shape index (κ1) is 19.2. The van der Waals surface area contributed by atoms with Crippen molar-refractivity contribution >= 4 is 45.3 Å². The summed E-state index contributed by atoms with van der Waals surface area (Å²) in [5, 5.41) is 6.19. The van der Waals surface area contributed by atoms with Gasteiger partial charge >= 0.3 is 0 Å². The Kier molecular flexibility index (Phi) is 5.02. The molecule has 150 valence electrons. The van der Waals surface area contributed by atoms with Crippen LogP contribution in [0, 0.1) is 0 Å². The molecule has 2 aromatic carbocycles. The zero-order valence-corrected chi connectivity index (χ0v) is 18.3. The Bertz CT molecular complexity index is 1200. The molecule has 0 bridgehead atoms. The van der Waals surface area contributed by atoms with Crippen LogP contribution in [-0.4, -0.2) is 23.0 Å². The van der Waals surface area contributed by atoms with E-state index in [1.54, 1.807) is 12.0 Å². The molecule has 4 aromatic rings. The van der Waals surface area contributed by atoms with Crippen LogP contribution in [0.25, 0.3) is 22.0 Å². The van der Waals surface area contributed by atoms with Gasteiger partial charge < -0.3 is 4.74 Å². The monoisotopic (exact) mass is 453 g/mol. The number of β-lactam (4-membered cyclic amide) rings is 1. The van der Waals surface area contributed by atoms with Gasteiger partial charge in [0.1, 0.15) is 16.5 Å². The molecule has 30 heavy (non-hydrogen) atoms. The van der Waals surface area contributed by atoms with Crippen LogP contribution in [0.4, 0.5) is 5.13 Å². The van der Waals surface area contributed by atoms with Crippen LogP contribution in [-0.2, 0) is 4.79 Å². The summed E-state index contributed by atoms with van der Waals surface area (Å²) < 4.78 is 5.22. The van der Waals surface area contributed by atoms with Crippen LogP contribution >= 0.6 is 34.3 Å². The summed E-state index contributed by atoms with van der Waals surface area (Å²) in [5.74, 6) is 0.880. The van der Waals surface area contributed by atoms with E-state index in [9.17, 15) is 4.79 Å². The van der Waals surface area contributed by atoms with Gasteiger partial charge in [-0.3, -0.25) is 9.69 Å². The van der Waals surface area contributed by atoms with E-state index >= 15 is 0 Å². The molecular weight excluding hydrogens is 438 g/mol. The van der Waals surface area contributed by atoms with Crippen molar-refractivity contribution < 1.29 is 9.53 Å². The quantitative estimate of drug-likeness (QED) is 0.344. The van der Waals surface area contributed by atoms with Crippen LogP contribution in [0.3, 0.4) is 0 Å². The Morgan fingerprint density at radius 1 is 1.00 bits per heavy atom. The Hall–Kier alpha value is -2.74. The number of hydrogen-bond acceptors (Lipinski definition) is 6. The number of methoxy groups -OCH3 is 1. The van der Waals surface area contributed by atoms with Crippen LogP contribution in [0.2, 0.25) is 5.02 Å². The molecule has 1 amide bonds. The van der Waals surface area contributed by atoms with Gasteiger partial charge in [0, 0.05) is 21.3 Å². The van der Waals surface area contributed by atoms with Crippen molar-refractivity contribution in [3.63, 3.8) is 0 Å². The lowest BCUT2D eigenvalue weighted by molar-refractivity contribution is -0.124. The Morgan fingerprint density at radius 2 is 1.73 bits per heavy atom. The lowest BCUT2D eigenvalue weighted by atomic mass is 9.94. The summed E-state index contributed by atoms with van der Waals surface area (Å²) in [6, 6.07) is 15.4. The smallest absolute Gasteiger partial charge is 0.231 e. The lowest BCUT2D eigenvalue weighted by Gasteiger charge is -2.38. The van der Waals surface area contributed by atoms with Crippen molar-refractivity contribution in [2.45, 2.75) is 12.5 Å². The first-order valence-corrected chi connectivity index (χ1v) is 11.4. The molecule has 1 aliphatic heterocycles. The summed E-state index contributed by atoms with van der Waals surface area (Å²) >= 11 is 8.97. The number of thiazole rings is 2. The van der Waals surface area contributed by atoms with E-state index in [0.29, 0.717) is 16.6 Å². The number of hydrogen-bond donors (Lipinski definition) is 0. The van der Waals surface area contributed by atoms with Gasteiger partial charge in [0.2, 0.25) is 5.91 Å². The largest absolute Gasteiger partial charge is 0.497 e. The maximum absolute atomic E-state index is 12.3. The summed E-state index contributed by atoms with van der Waals surface area (Å²) in [4.78, 5) is 23.5. The highest BCUT2D eigenvalue weighted by molar-refractivity contribution is 7.16. The number of halogens is 1. The number of nitrogens with zero attached hydrogens (tertiary/aromatic N) is 3. The molecular formula is C22H16ClN3O2S2. The predicted molar refractivity (Wildman–Crippen MR) is 122 cm³/mol. The Morgan fingerprint density at radius 3 is 2.43 bits per heavy atom. The highest BCUT2D eigenvalue weighted by atomic mass is 35.5. The molecule has 5 nitrogen and oxygen atoms in total. The maximum atomic E-state index is 12.3. The third-order valence-electron chi connectivity index (χ3n) is 5.01. The summed E-state index contributed by atoms with van der Waals surface area (Å²) in [6.07, 6.45) is 0.485. The number of anilines is 1. The highest BCUT2D eigenvalue weighted by Crippen LogP contribution is 2.42. The van der Waals surface area contributed by atoms with Gasteiger partial charge in [-0.15, -0.1) is 22.7 Å². The minimum atomic E-state index is 0.00308. The van der Waals surface area contributed by atoms with Gasteiger partial charge in [0.25, 0.3) is 0 Å². The second kappa shape index (κ2) is 7.83. The summed E-state index contributed by atoms with van der Waals surface area (Å²) in [5.41, 5.74) is 3.76. The molecule has 0 radical (unpaired) electrons. The lowest BCUT2D eigenvalue weighted by Crippen LogP contribution is -2.46. The second-order valence-electron chi connectivity index (χ2n) is 6.82. The maximum Gasteiger partial charge on any atom is 0.231 e. The SMILES string of the molecule is COc1ccc(C2CC(=O)N2c2nc(-c3nc(-c4ccc(Cl)cc4)cs3)cs2)cc1. The minimum absolute atomic E-state index is 0.00308. The van der Waals surface area contributed by atoms with Crippen LogP contribution < -0.4 is 9.64 Å². The Balaban J connectivity index is 1.38. The molecule has 0 spiro atoms. The van der Waals surface area contributed by atoms with Crippen LogP contribution in [0.15, 0.2) is 59.3 Å². The van der Waals surface area contributed by atoms with Crippen molar-refractivity contribution in [2.24, 2.45) is 0 Å². The standard InChI is InChI=1S/C22H16ClN3O2S2/c1-28-16-8-4-14(5-9-16)19-10-20(27)26(19)22-25-18(12-30-22)21-24-17(11-29-21)13-2-6-15(23)7-3-13/h2-9,11-12,19H,10H2,1H3. The van der Waals surface area contributed by atoms with Crippen molar-refractivity contribution in [2.75, 3.05) is 12.0 Å². The van der Waals surface area contributed by atoms with Gasteiger partial charge in [-0.2, -0.15) is 0 Å². The minimum Gasteiger partial charge on any atom is -0.497 e. The van der Waals surface area contributed by atoms with E-state index in [0.717, 1.165) is 33.3 Å². The average molecular weight is 454 g/mol. The van der Waals surface area contributed by atoms with Crippen LogP contribution in [0.5, 0.6) is 5.75 Å².